The Bertz CT molecular complexity index is 713. The van der Waals surface area contributed by atoms with E-state index in [1.54, 1.807) is 6.08 Å². The van der Waals surface area contributed by atoms with Gasteiger partial charge in [-0.15, -0.1) is 0 Å². The third-order valence-electron chi connectivity index (χ3n) is 3.21. The molecular formula is C16H16N2O4S2. The summed E-state index contributed by atoms with van der Waals surface area (Å²) in [6.07, 6.45) is 1.57. The zero-order valence-electron chi connectivity index (χ0n) is 12.9. The molecule has 6 nitrogen and oxygen atoms in total. The molecule has 0 bridgehead atoms. The van der Waals surface area contributed by atoms with Gasteiger partial charge in [-0.1, -0.05) is 53.8 Å². The molecule has 1 aromatic rings. The standard InChI is InChI=1S/C16H16N2O4S2/c1-10-2-4-11(5-3-10)8-12-15(22)18(16(23)24-12)9-13(19)17-7-6-14(20)21/h2-5,8H,6-7,9H2,1H3,(H,17,19)(H,20,21)/b12-8+. The van der Waals surface area contributed by atoms with Crippen LogP contribution in [0.2, 0.25) is 0 Å². The SMILES string of the molecule is Cc1ccc(/C=C2/SC(=S)N(CC(=O)NCCC(=O)O)C2=O)cc1. The number of carboxylic acid groups (broad SMARTS) is 1. The van der Waals surface area contributed by atoms with Crippen molar-refractivity contribution in [3.05, 3.63) is 40.3 Å². The van der Waals surface area contributed by atoms with Crippen molar-refractivity contribution in [2.45, 2.75) is 13.3 Å². The van der Waals surface area contributed by atoms with Gasteiger partial charge in [-0.25, -0.2) is 0 Å². The number of benzene rings is 1. The van der Waals surface area contributed by atoms with Crippen molar-refractivity contribution in [3.63, 3.8) is 0 Å². The number of rotatable bonds is 6. The van der Waals surface area contributed by atoms with E-state index in [9.17, 15) is 14.4 Å². The molecule has 0 aliphatic carbocycles. The van der Waals surface area contributed by atoms with Crippen LogP contribution >= 0.6 is 24.0 Å². The van der Waals surface area contributed by atoms with Crippen LogP contribution in [0.4, 0.5) is 0 Å². The summed E-state index contributed by atoms with van der Waals surface area (Å²) in [5.74, 6) is -1.76. The number of nitrogens with zero attached hydrogens (tertiary/aromatic N) is 1. The third kappa shape index (κ3) is 4.90. The van der Waals surface area contributed by atoms with Crippen molar-refractivity contribution in [3.8, 4) is 0 Å². The van der Waals surface area contributed by atoms with E-state index in [0.717, 1.165) is 22.9 Å². The first-order valence-corrected chi connectivity index (χ1v) is 8.40. The van der Waals surface area contributed by atoms with Crippen molar-refractivity contribution in [1.82, 2.24) is 10.2 Å². The van der Waals surface area contributed by atoms with Gasteiger partial charge in [0.05, 0.1) is 11.3 Å². The predicted molar refractivity (Wildman–Crippen MR) is 96.3 cm³/mol. The average Bonchev–Trinajstić information content (AvgIpc) is 2.77. The molecule has 0 unspecified atom stereocenters. The summed E-state index contributed by atoms with van der Waals surface area (Å²) in [5, 5.41) is 11.0. The Morgan fingerprint density at radius 1 is 1.33 bits per heavy atom. The van der Waals surface area contributed by atoms with E-state index in [1.165, 1.54) is 4.90 Å². The van der Waals surface area contributed by atoms with Gasteiger partial charge in [-0.3, -0.25) is 19.3 Å². The number of hydrogen-bond donors (Lipinski definition) is 2. The highest BCUT2D eigenvalue weighted by Crippen LogP contribution is 2.32. The molecule has 24 heavy (non-hydrogen) atoms. The Labute approximate surface area is 148 Å². The van der Waals surface area contributed by atoms with Crippen LogP contribution in [0, 0.1) is 6.92 Å². The van der Waals surface area contributed by atoms with Gasteiger partial charge >= 0.3 is 5.97 Å². The van der Waals surface area contributed by atoms with Gasteiger partial charge in [0.1, 0.15) is 10.9 Å². The number of carbonyl (C=O) groups is 3. The molecule has 1 aliphatic rings. The van der Waals surface area contributed by atoms with Crippen LogP contribution in [-0.4, -0.2) is 45.2 Å². The van der Waals surface area contributed by atoms with Crippen molar-refractivity contribution in [2.24, 2.45) is 0 Å². The molecule has 0 aromatic heterocycles. The molecule has 0 saturated carbocycles. The molecule has 1 aliphatic heterocycles. The minimum atomic E-state index is -0.998. The lowest BCUT2D eigenvalue weighted by Gasteiger charge is -2.13. The van der Waals surface area contributed by atoms with Crippen molar-refractivity contribution in [1.29, 1.82) is 0 Å². The van der Waals surface area contributed by atoms with Gasteiger partial charge in [-0.2, -0.15) is 0 Å². The Hall–Kier alpha value is -2.19. The van der Waals surface area contributed by atoms with E-state index in [0.29, 0.717) is 9.23 Å². The summed E-state index contributed by atoms with van der Waals surface area (Å²) in [6, 6.07) is 7.70. The first-order chi connectivity index (χ1) is 11.4. The minimum absolute atomic E-state index is 0.0160. The van der Waals surface area contributed by atoms with Crippen LogP contribution in [0.15, 0.2) is 29.2 Å². The summed E-state index contributed by atoms with van der Waals surface area (Å²) < 4.78 is 0.312. The minimum Gasteiger partial charge on any atom is -0.481 e. The number of aryl methyl sites for hydroxylation is 1. The van der Waals surface area contributed by atoms with E-state index in [-0.39, 0.29) is 25.4 Å². The number of thiocarbonyl (C=S) groups is 1. The Balaban J connectivity index is 1.99. The van der Waals surface area contributed by atoms with E-state index in [4.69, 9.17) is 17.3 Å². The second-order valence-corrected chi connectivity index (χ2v) is 6.85. The topological polar surface area (TPSA) is 86.7 Å². The number of thioether (sulfide) groups is 1. The normalized spacial score (nSPS) is 15.9. The van der Waals surface area contributed by atoms with Crippen molar-refractivity contribution < 1.29 is 19.5 Å². The summed E-state index contributed by atoms with van der Waals surface area (Å²) in [7, 11) is 0. The number of carbonyl (C=O) groups excluding carboxylic acids is 2. The number of hydrogen-bond acceptors (Lipinski definition) is 5. The molecule has 2 amide bonds. The first kappa shape index (κ1) is 18.2. The van der Waals surface area contributed by atoms with Crippen LogP contribution in [0.1, 0.15) is 17.5 Å². The molecule has 1 fully saturated rings. The molecule has 8 heteroatoms. The quantitative estimate of drug-likeness (QED) is 0.591. The molecule has 1 heterocycles. The van der Waals surface area contributed by atoms with Crippen molar-refractivity contribution in [2.75, 3.05) is 13.1 Å². The van der Waals surface area contributed by atoms with Gasteiger partial charge in [0.15, 0.2) is 0 Å². The maximum Gasteiger partial charge on any atom is 0.305 e. The first-order valence-electron chi connectivity index (χ1n) is 7.17. The predicted octanol–water partition coefficient (Wildman–Crippen LogP) is 1.79. The maximum absolute atomic E-state index is 12.4. The van der Waals surface area contributed by atoms with Crippen LogP contribution in [0.25, 0.3) is 6.08 Å². The van der Waals surface area contributed by atoms with Gasteiger partial charge in [0, 0.05) is 6.54 Å². The second-order valence-electron chi connectivity index (χ2n) is 5.17. The second kappa shape index (κ2) is 8.07. The van der Waals surface area contributed by atoms with E-state index < -0.39 is 11.9 Å². The van der Waals surface area contributed by atoms with Crippen LogP contribution in [0.3, 0.4) is 0 Å². The fourth-order valence-electron chi connectivity index (χ4n) is 1.96. The van der Waals surface area contributed by atoms with E-state index >= 15 is 0 Å². The number of amides is 2. The van der Waals surface area contributed by atoms with Gasteiger partial charge in [-0.05, 0) is 18.6 Å². The fraction of sp³-hybridized carbons (Fsp3) is 0.250. The third-order valence-corrected chi connectivity index (χ3v) is 4.59. The molecule has 0 atom stereocenters. The molecule has 0 radical (unpaired) electrons. The largest absolute Gasteiger partial charge is 0.481 e. The Kier molecular flexibility index (Phi) is 6.10. The Morgan fingerprint density at radius 3 is 2.62 bits per heavy atom. The molecule has 0 spiro atoms. The van der Waals surface area contributed by atoms with Gasteiger partial charge < -0.3 is 10.4 Å². The summed E-state index contributed by atoms with van der Waals surface area (Å²) >= 11 is 6.30. The van der Waals surface area contributed by atoms with E-state index in [2.05, 4.69) is 5.32 Å². The lowest BCUT2D eigenvalue weighted by Crippen LogP contribution is -2.40. The van der Waals surface area contributed by atoms with Crippen LogP contribution in [0.5, 0.6) is 0 Å². The Morgan fingerprint density at radius 2 is 2.00 bits per heavy atom. The monoisotopic (exact) mass is 364 g/mol. The zero-order valence-corrected chi connectivity index (χ0v) is 14.6. The fourth-order valence-corrected chi connectivity index (χ4v) is 3.21. The molecule has 1 aromatic carbocycles. The maximum atomic E-state index is 12.4. The highest BCUT2D eigenvalue weighted by atomic mass is 32.2. The summed E-state index contributed by atoms with van der Waals surface area (Å²) in [5.41, 5.74) is 2.00. The highest BCUT2D eigenvalue weighted by Gasteiger charge is 2.33. The molecule has 126 valence electrons. The van der Waals surface area contributed by atoms with Gasteiger partial charge in [0.25, 0.3) is 5.91 Å². The average molecular weight is 364 g/mol. The zero-order chi connectivity index (χ0) is 17.7. The summed E-state index contributed by atoms with van der Waals surface area (Å²) in [6.45, 7) is 1.78. The van der Waals surface area contributed by atoms with Crippen LogP contribution in [-0.2, 0) is 14.4 Å². The highest BCUT2D eigenvalue weighted by molar-refractivity contribution is 8.26. The molecule has 1 saturated heterocycles. The lowest BCUT2D eigenvalue weighted by atomic mass is 10.1. The van der Waals surface area contributed by atoms with Gasteiger partial charge in [0.2, 0.25) is 5.91 Å². The van der Waals surface area contributed by atoms with E-state index in [1.807, 2.05) is 31.2 Å². The number of carboxylic acids is 1. The smallest absolute Gasteiger partial charge is 0.305 e. The number of nitrogens with one attached hydrogen (secondary N) is 1. The summed E-state index contributed by atoms with van der Waals surface area (Å²) in [4.78, 5) is 36.3. The van der Waals surface area contributed by atoms with Crippen molar-refractivity contribution >= 4 is 52.2 Å². The molecular weight excluding hydrogens is 348 g/mol. The lowest BCUT2D eigenvalue weighted by molar-refractivity contribution is -0.137. The number of aliphatic carboxylic acids is 1. The molecule has 2 N–H and O–H groups in total. The van der Waals surface area contributed by atoms with Crippen LogP contribution < -0.4 is 5.32 Å². The molecule has 2 rings (SSSR count).